The molecule has 0 saturated heterocycles. The second kappa shape index (κ2) is 5.77. The van der Waals surface area contributed by atoms with Gasteiger partial charge in [0.1, 0.15) is 0 Å². The fourth-order valence-corrected chi connectivity index (χ4v) is 1.52. The van der Waals surface area contributed by atoms with Crippen LogP contribution in [0.15, 0.2) is 36.6 Å². The molecule has 0 heterocycles. The van der Waals surface area contributed by atoms with Crippen molar-refractivity contribution in [2.45, 2.75) is 19.1 Å². The highest BCUT2D eigenvalue weighted by molar-refractivity contribution is 5.77. The summed E-state index contributed by atoms with van der Waals surface area (Å²) in [5, 5.41) is 8.90. The minimum absolute atomic E-state index is 0.0377. The first-order valence-corrected chi connectivity index (χ1v) is 5.47. The van der Waals surface area contributed by atoms with Crippen LogP contribution in [0.3, 0.4) is 0 Å². The van der Waals surface area contributed by atoms with Crippen LogP contribution in [0.25, 0.3) is 0 Å². The molecule has 104 valence electrons. The average molecular weight is 273 g/mol. The molecule has 0 aliphatic heterocycles. The molecule has 0 atom stereocenters. The van der Waals surface area contributed by atoms with E-state index in [1.165, 1.54) is 24.1 Å². The van der Waals surface area contributed by atoms with E-state index in [-0.39, 0.29) is 18.7 Å². The lowest BCUT2D eigenvalue weighted by atomic mass is 10.1. The summed E-state index contributed by atoms with van der Waals surface area (Å²) in [6, 6.07) is 4.77. The zero-order valence-electron chi connectivity index (χ0n) is 10.4. The lowest BCUT2D eigenvalue weighted by Crippen LogP contribution is -2.26. The molecule has 3 nitrogen and oxygen atoms in total. The van der Waals surface area contributed by atoms with E-state index in [0.29, 0.717) is 5.56 Å². The van der Waals surface area contributed by atoms with Gasteiger partial charge in [0, 0.05) is 13.6 Å². The Hall–Kier alpha value is -1.98. The van der Waals surface area contributed by atoms with E-state index in [1.54, 1.807) is 0 Å². The lowest BCUT2D eigenvalue weighted by molar-refractivity contribution is -0.137. The Bertz CT molecular complexity index is 483. The van der Waals surface area contributed by atoms with Crippen LogP contribution in [-0.2, 0) is 17.5 Å². The van der Waals surface area contributed by atoms with Crippen molar-refractivity contribution in [3.8, 4) is 0 Å². The monoisotopic (exact) mass is 273 g/mol. The van der Waals surface area contributed by atoms with Gasteiger partial charge in [0.25, 0.3) is 0 Å². The van der Waals surface area contributed by atoms with Crippen molar-refractivity contribution in [3.05, 3.63) is 47.7 Å². The third-order valence-electron chi connectivity index (χ3n) is 2.46. The summed E-state index contributed by atoms with van der Waals surface area (Å²) in [7, 11) is 1.45. The van der Waals surface area contributed by atoms with E-state index >= 15 is 0 Å². The van der Waals surface area contributed by atoms with Crippen molar-refractivity contribution in [2.75, 3.05) is 7.05 Å². The topological polar surface area (TPSA) is 40.5 Å². The van der Waals surface area contributed by atoms with E-state index in [0.717, 1.165) is 12.1 Å². The third kappa shape index (κ3) is 4.65. The molecule has 0 aliphatic carbocycles. The van der Waals surface area contributed by atoms with E-state index in [9.17, 15) is 18.0 Å². The number of nitrogens with zero attached hydrogens (tertiary/aromatic N) is 1. The minimum atomic E-state index is -4.40. The first kappa shape index (κ1) is 15.1. The molecule has 6 heteroatoms. The molecule has 0 fully saturated rings. The molecule has 1 aromatic rings. The Kier molecular flexibility index (Phi) is 4.58. The van der Waals surface area contributed by atoms with Crippen LogP contribution >= 0.6 is 0 Å². The van der Waals surface area contributed by atoms with Crippen LogP contribution in [0, 0.1) is 0 Å². The molecule has 1 rings (SSSR count). The van der Waals surface area contributed by atoms with Gasteiger partial charge in [0.15, 0.2) is 0 Å². The normalized spacial score (nSPS) is 11.2. The number of aliphatic hydroxyl groups excluding tert-OH is 1. The second-order valence-electron chi connectivity index (χ2n) is 4.19. The van der Waals surface area contributed by atoms with Gasteiger partial charge in [-0.25, -0.2) is 0 Å². The lowest BCUT2D eigenvalue weighted by Gasteiger charge is -2.17. The predicted octanol–water partition coefficient (Wildman–Crippen LogP) is 3.13. The first-order valence-electron chi connectivity index (χ1n) is 5.47. The maximum Gasteiger partial charge on any atom is 0.416 e. The summed E-state index contributed by atoms with van der Waals surface area (Å²) >= 11 is 0. The Morgan fingerprint density at radius 3 is 2.58 bits per heavy atom. The summed E-state index contributed by atoms with van der Waals surface area (Å²) < 4.78 is 37.5. The summed E-state index contributed by atoms with van der Waals surface area (Å²) in [5.74, 6) is -0.689. The van der Waals surface area contributed by atoms with Crippen molar-refractivity contribution in [1.82, 2.24) is 4.90 Å². The maximum atomic E-state index is 12.5. The fraction of sp³-hybridized carbons (Fsp3) is 0.308. The molecule has 0 unspecified atom stereocenters. The van der Waals surface area contributed by atoms with Gasteiger partial charge in [0.2, 0.25) is 5.91 Å². The molecule has 0 saturated carbocycles. The SMILES string of the molecule is C=C(O)CC(=O)N(C)Cc1cccc(C(F)(F)F)c1. The van der Waals surface area contributed by atoms with Gasteiger partial charge in [0.05, 0.1) is 17.7 Å². The second-order valence-corrected chi connectivity index (χ2v) is 4.19. The first-order chi connectivity index (χ1) is 8.70. The van der Waals surface area contributed by atoms with Gasteiger partial charge in [-0.2, -0.15) is 13.2 Å². The van der Waals surface area contributed by atoms with Crippen LogP contribution < -0.4 is 0 Å². The molecule has 0 spiro atoms. The van der Waals surface area contributed by atoms with Crippen LogP contribution in [0.5, 0.6) is 0 Å². The third-order valence-corrected chi connectivity index (χ3v) is 2.46. The molecule has 1 aromatic carbocycles. The number of alkyl halides is 3. The molecule has 0 radical (unpaired) electrons. The number of hydrogen-bond acceptors (Lipinski definition) is 2. The van der Waals surface area contributed by atoms with Crippen molar-refractivity contribution in [3.63, 3.8) is 0 Å². The Balaban J connectivity index is 2.77. The Morgan fingerprint density at radius 2 is 2.05 bits per heavy atom. The highest BCUT2D eigenvalue weighted by Crippen LogP contribution is 2.29. The van der Waals surface area contributed by atoms with Crippen LogP contribution in [0.2, 0.25) is 0 Å². The van der Waals surface area contributed by atoms with Gasteiger partial charge in [-0.05, 0) is 17.7 Å². The largest absolute Gasteiger partial charge is 0.512 e. The molecule has 1 amide bonds. The van der Waals surface area contributed by atoms with Gasteiger partial charge >= 0.3 is 6.18 Å². The number of carbonyl (C=O) groups is 1. The van der Waals surface area contributed by atoms with Gasteiger partial charge in [-0.15, -0.1) is 0 Å². The minimum Gasteiger partial charge on any atom is -0.512 e. The fourth-order valence-electron chi connectivity index (χ4n) is 1.52. The molecular weight excluding hydrogens is 259 g/mol. The number of amides is 1. The number of carbonyl (C=O) groups excluding carboxylic acids is 1. The highest BCUT2D eigenvalue weighted by atomic mass is 19.4. The zero-order valence-corrected chi connectivity index (χ0v) is 10.4. The van der Waals surface area contributed by atoms with Crippen LogP contribution in [0.1, 0.15) is 17.5 Å². The Morgan fingerprint density at radius 1 is 1.42 bits per heavy atom. The van der Waals surface area contributed by atoms with Gasteiger partial charge in [-0.3, -0.25) is 4.79 Å². The molecular formula is C13H14F3NO2. The van der Waals surface area contributed by atoms with Crippen molar-refractivity contribution < 1.29 is 23.1 Å². The van der Waals surface area contributed by atoms with Gasteiger partial charge < -0.3 is 10.0 Å². The molecule has 0 aromatic heterocycles. The Labute approximate surface area is 109 Å². The quantitative estimate of drug-likeness (QED) is 0.856. The number of rotatable bonds is 4. The zero-order chi connectivity index (χ0) is 14.6. The number of halogens is 3. The van der Waals surface area contributed by atoms with Crippen molar-refractivity contribution >= 4 is 5.91 Å². The van der Waals surface area contributed by atoms with Crippen molar-refractivity contribution in [1.29, 1.82) is 0 Å². The smallest absolute Gasteiger partial charge is 0.416 e. The molecule has 0 aliphatic rings. The summed E-state index contributed by atoms with van der Waals surface area (Å²) in [5.41, 5.74) is -0.383. The van der Waals surface area contributed by atoms with E-state index in [4.69, 9.17) is 5.11 Å². The van der Waals surface area contributed by atoms with Crippen molar-refractivity contribution in [2.24, 2.45) is 0 Å². The summed E-state index contributed by atoms with van der Waals surface area (Å²) in [6.07, 6.45) is -4.65. The highest BCUT2D eigenvalue weighted by Gasteiger charge is 2.30. The van der Waals surface area contributed by atoms with Crippen LogP contribution in [-0.4, -0.2) is 23.0 Å². The van der Waals surface area contributed by atoms with E-state index < -0.39 is 17.6 Å². The van der Waals surface area contributed by atoms with Crippen LogP contribution in [0.4, 0.5) is 13.2 Å². The molecule has 1 N–H and O–H groups in total. The molecule has 0 bridgehead atoms. The number of hydrogen-bond donors (Lipinski definition) is 1. The predicted molar refractivity (Wildman–Crippen MR) is 64.3 cm³/mol. The summed E-state index contributed by atoms with van der Waals surface area (Å²) in [6.45, 7) is 3.23. The molecule has 19 heavy (non-hydrogen) atoms. The van der Waals surface area contributed by atoms with Gasteiger partial charge in [-0.1, -0.05) is 18.7 Å². The standard InChI is InChI=1S/C13H14F3NO2/c1-9(18)6-12(19)17(2)8-10-4-3-5-11(7-10)13(14,15)16/h3-5,7,18H,1,6,8H2,2H3. The number of benzene rings is 1. The van der Waals surface area contributed by atoms with E-state index in [2.05, 4.69) is 6.58 Å². The van der Waals surface area contributed by atoms with E-state index in [1.807, 2.05) is 0 Å². The maximum absolute atomic E-state index is 12.5. The summed E-state index contributed by atoms with van der Waals surface area (Å²) in [4.78, 5) is 12.8. The average Bonchev–Trinajstić information content (AvgIpc) is 2.27. The number of aliphatic hydroxyl groups is 1.